The van der Waals surface area contributed by atoms with Crippen LogP contribution < -0.4 is 0 Å². The van der Waals surface area contributed by atoms with Crippen LogP contribution in [0.5, 0.6) is 0 Å². The molecule has 0 N–H and O–H groups in total. The van der Waals surface area contributed by atoms with E-state index in [1.165, 1.54) is 31.2 Å². The number of hydrogen-bond donors (Lipinski definition) is 0. The van der Waals surface area contributed by atoms with Crippen molar-refractivity contribution in [2.45, 2.75) is 11.8 Å². The van der Waals surface area contributed by atoms with Crippen molar-refractivity contribution in [2.24, 2.45) is 0 Å². The Morgan fingerprint density at radius 3 is 2.17 bits per heavy atom. The predicted molar refractivity (Wildman–Crippen MR) is 68.3 cm³/mol. The van der Waals surface area contributed by atoms with E-state index >= 15 is 0 Å². The lowest BCUT2D eigenvalue weighted by molar-refractivity contribution is 0.581. The van der Waals surface area contributed by atoms with Crippen LogP contribution in [-0.4, -0.2) is 0 Å². The highest BCUT2D eigenvalue weighted by atomic mass is 79.9. The van der Waals surface area contributed by atoms with Crippen molar-refractivity contribution in [3.05, 3.63) is 70.5 Å². The lowest BCUT2D eigenvalue weighted by Gasteiger charge is -2.12. The van der Waals surface area contributed by atoms with Crippen molar-refractivity contribution in [2.75, 3.05) is 0 Å². The van der Waals surface area contributed by atoms with Gasteiger partial charge < -0.3 is 0 Å². The zero-order chi connectivity index (χ0) is 13.3. The highest BCUT2D eigenvalue weighted by Gasteiger charge is 2.17. The first-order valence-corrected chi connectivity index (χ1v) is 6.25. The maximum absolute atomic E-state index is 13.8. The Labute approximate surface area is 112 Å². The van der Waals surface area contributed by atoms with Crippen molar-refractivity contribution in [1.29, 1.82) is 0 Å². The number of halogens is 4. The Balaban J connectivity index is 2.42. The number of rotatable bonds is 2. The van der Waals surface area contributed by atoms with Crippen molar-refractivity contribution in [3.63, 3.8) is 0 Å². The molecular weight excluding hydrogens is 305 g/mol. The molecule has 0 aliphatic rings. The summed E-state index contributed by atoms with van der Waals surface area (Å²) in [6.45, 7) is 1.50. The number of aryl methyl sites for hydroxylation is 1. The second-order valence-corrected chi connectivity index (χ2v) is 4.95. The van der Waals surface area contributed by atoms with Crippen LogP contribution in [0.25, 0.3) is 0 Å². The van der Waals surface area contributed by atoms with Crippen LogP contribution in [-0.2, 0) is 0 Å². The van der Waals surface area contributed by atoms with Gasteiger partial charge in [-0.25, -0.2) is 13.2 Å². The molecule has 0 saturated heterocycles. The first kappa shape index (κ1) is 13.1. The molecule has 2 aromatic rings. The second kappa shape index (κ2) is 5.14. The van der Waals surface area contributed by atoms with E-state index in [1.54, 1.807) is 0 Å². The van der Waals surface area contributed by atoms with E-state index in [4.69, 9.17) is 0 Å². The van der Waals surface area contributed by atoms with E-state index in [1.807, 2.05) is 0 Å². The van der Waals surface area contributed by atoms with Crippen LogP contribution in [0.15, 0.2) is 36.4 Å². The third-order valence-corrected chi connectivity index (χ3v) is 3.74. The Kier molecular flexibility index (Phi) is 3.76. The highest BCUT2D eigenvalue weighted by molar-refractivity contribution is 9.09. The van der Waals surface area contributed by atoms with Gasteiger partial charge in [0.2, 0.25) is 0 Å². The summed E-state index contributed by atoms with van der Waals surface area (Å²) < 4.78 is 40.0. The Morgan fingerprint density at radius 1 is 0.944 bits per heavy atom. The Hall–Kier alpha value is -1.29. The fourth-order valence-corrected chi connectivity index (χ4v) is 2.32. The van der Waals surface area contributed by atoms with Gasteiger partial charge in [0, 0.05) is 5.56 Å². The molecule has 0 saturated carbocycles. The molecule has 2 aromatic carbocycles. The van der Waals surface area contributed by atoms with Gasteiger partial charge in [0.05, 0.1) is 4.83 Å². The van der Waals surface area contributed by atoms with Gasteiger partial charge in [0.25, 0.3) is 0 Å². The summed E-state index contributed by atoms with van der Waals surface area (Å²) >= 11 is 3.30. The van der Waals surface area contributed by atoms with Crippen molar-refractivity contribution in [1.82, 2.24) is 0 Å². The van der Waals surface area contributed by atoms with Gasteiger partial charge >= 0.3 is 0 Å². The largest absolute Gasteiger partial charge is 0.207 e. The first-order chi connectivity index (χ1) is 8.49. The summed E-state index contributed by atoms with van der Waals surface area (Å²) in [4.78, 5) is -0.506. The van der Waals surface area contributed by atoms with Gasteiger partial charge in [0.15, 0.2) is 0 Å². The minimum atomic E-state index is -0.506. The van der Waals surface area contributed by atoms with Crippen LogP contribution in [0.1, 0.15) is 21.5 Å². The molecule has 0 aliphatic heterocycles. The topological polar surface area (TPSA) is 0 Å². The molecule has 0 aromatic heterocycles. The van der Waals surface area contributed by atoms with Crippen molar-refractivity contribution < 1.29 is 13.2 Å². The summed E-state index contributed by atoms with van der Waals surface area (Å²) in [5, 5.41) is 0. The molecule has 0 bridgehead atoms. The van der Waals surface area contributed by atoms with Crippen LogP contribution in [0, 0.1) is 24.4 Å². The third-order valence-electron chi connectivity index (χ3n) is 2.71. The first-order valence-electron chi connectivity index (χ1n) is 5.34. The summed E-state index contributed by atoms with van der Waals surface area (Å²) in [6, 6.07) is 7.95. The molecule has 0 spiro atoms. The molecule has 94 valence electrons. The Bertz CT molecular complexity index is 564. The van der Waals surface area contributed by atoms with Gasteiger partial charge in [0.1, 0.15) is 17.5 Å². The van der Waals surface area contributed by atoms with Crippen LogP contribution in [0.2, 0.25) is 0 Å². The Morgan fingerprint density at radius 2 is 1.56 bits per heavy atom. The molecule has 0 nitrogen and oxygen atoms in total. The van der Waals surface area contributed by atoms with E-state index in [0.29, 0.717) is 5.56 Å². The summed E-state index contributed by atoms with van der Waals surface area (Å²) in [5.74, 6) is -1.31. The molecule has 1 unspecified atom stereocenters. The maximum Gasteiger partial charge on any atom is 0.128 e. The lowest BCUT2D eigenvalue weighted by atomic mass is 10.0. The molecule has 0 aliphatic carbocycles. The average Bonchev–Trinajstić information content (AvgIpc) is 2.34. The SMILES string of the molecule is Cc1cc(F)c(C(Br)c2ccc(F)cc2)cc1F. The van der Waals surface area contributed by atoms with Gasteiger partial charge in [-0.3, -0.25) is 0 Å². The second-order valence-electron chi connectivity index (χ2n) is 4.04. The quantitative estimate of drug-likeness (QED) is 0.692. The fraction of sp³-hybridized carbons (Fsp3) is 0.143. The smallest absolute Gasteiger partial charge is 0.128 e. The normalized spacial score (nSPS) is 12.5. The van der Waals surface area contributed by atoms with E-state index in [9.17, 15) is 13.2 Å². The van der Waals surface area contributed by atoms with Crippen LogP contribution in [0.3, 0.4) is 0 Å². The van der Waals surface area contributed by atoms with E-state index in [2.05, 4.69) is 15.9 Å². The predicted octanol–water partition coefficient (Wildman–Crippen LogP) is 4.90. The maximum atomic E-state index is 13.8. The summed E-state index contributed by atoms with van der Waals surface area (Å²) in [5.41, 5.74) is 1.12. The standard InChI is InChI=1S/C14H10BrF3/c1-8-6-13(18)11(7-12(8)17)14(15)9-2-4-10(16)5-3-9/h2-7,14H,1H3. The molecular formula is C14H10BrF3. The highest BCUT2D eigenvalue weighted by Crippen LogP contribution is 2.33. The van der Waals surface area contributed by atoms with Crippen LogP contribution in [0.4, 0.5) is 13.2 Å². The molecule has 0 fully saturated rings. The molecule has 2 rings (SSSR count). The average molecular weight is 315 g/mol. The minimum Gasteiger partial charge on any atom is -0.207 e. The molecule has 1 atom stereocenters. The lowest BCUT2D eigenvalue weighted by Crippen LogP contribution is -1.99. The summed E-state index contributed by atoms with van der Waals surface area (Å²) in [6.07, 6.45) is 0. The molecule has 18 heavy (non-hydrogen) atoms. The van der Waals surface area contributed by atoms with E-state index in [-0.39, 0.29) is 16.9 Å². The van der Waals surface area contributed by atoms with Gasteiger partial charge in [-0.2, -0.15) is 0 Å². The summed E-state index contributed by atoms with van der Waals surface area (Å²) in [7, 11) is 0. The van der Waals surface area contributed by atoms with Gasteiger partial charge in [-0.05, 0) is 42.3 Å². The molecule has 0 heterocycles. The minimum absolute atomic E-state index is 0.199. The van der Waals surface area contributed by atoms with E-state index < -0.39 is 16.5 Å². The van der Waals surface area contributed by atoms with Gasteiger partial charge in [-0.1, -0.05) is 28.1 Å². The third kappa shape index (κ3) is 2.58. The number of alkyl halides is 1. The molecule has 0 radical (unpaired) electrons. The molecule has 4 heteroatoms. The molecule has 0 amide bonds. The fourth-order valence-electron chi connectivity index (χ4n) is 1.67. The zero-order valence-corrected chi connectivity index (χ0v) is 11.1. The number of hydrogen-bond acceptors (Lipinski definition) is 0. The van der Waals surface area contributed by atoms with Crippen molar-refractivity contribution >= 4 is 15.9 Å². The van der Waals surface area contributed by atoms with E-state index in [0.717, 1.165) is 12.1 Å². The van der Waals surface area contributed by atoms with Crippen molar-refractivity contribution in [3.8, 4) is 0 Å². The number of benzene rings is 2. The zero-order valence-electron chi connectivity index (χ0n) is 9.55. The monoisotopic (exact) mass is 314 g/mol. The van der Waals surface area contributed by atoms with Gasteiger partial charge in [-0.15, -0.1) is 0 Å². The van der Waals surface area contributed by atoms with Crippen LogP contribution >= 0.6 is 15.9 Å².